The van der Waals surface area contributed by atoms with E-state index >= 15 is 0 Å². The Morgan fingerprint density at radius 3 is 1.91 bits per heavy atom. The van der Waals surface area contributed by atoms with Gasteiger partial charge in [-0.2, -0.15) is 0 Å². The van der Waals surface area contributed by atoms with Crippen LogP contribution in [-0.2, 0) is 36.4 Å². The first kappa shape index (κ1) is 46.5. The number of rotatable bonds is 3. The fourth-order valence-corrected chi connectivity index (χ4v) is 10.6. The van der Waals surface area contributed by atoms with E-state index in [1.54, 1.807) is 6.07 Å². The van der Waals surface area contributed by atoms with Crippen LogP contribution in [-0.4, -0.2) is 21.2 Å². The molecule has 7 heteroatoms. The third-order valence-electron chi connectivity index (χ3n) is 13.5. The van der Waals surface area contributed by atoms with Crippen LogP contribution in [0.2, 0.25) is 0 Å². The molecule has 67 heavy (non-hydrogen) atoms. The fourth-order valence-electron chi connectivity index (χ4n) is 9.44. The van der Waals surface area contributed by atoms with Gasteiger partial charge in [0.2, 0.25) is 6.71 Å². The molecule has 2 aliphatic rings. The summed E-state index contributed by atoms with van der Waals surface area (Å²) in [4.78, 5) is 11.5. The van der Waals surface area contributed by atoms with Gasteiger partial charge in [0, 0.05) is 70.1 Å². The van der Waals surface area contributed by atoms with Gasteiger partial charge in [-0.05, 0) is 111 Å². The Morgan fingerprint density at radius 2 is 1.25 bits per heavy atom. The van der Waals surface area contributed by atoms with Crippen molar-refractivity contribution in [1.82, 2.24) is 14.5 Å². The zero-order valence-corrected chi connectivity index (χ0v) is 43.5. The number of halogens is 1. The normalized spacial score (nSPS) is 12.9. The molecule has 0 unspecified atom stereocenters. The predicted molar refractivity (Wildman–Crippen MR) is 278 cm³/mol. The Labute approximate surface area is 414 Å². The Balaban J connectivity index is 0.000000300. The maximum Gasteiger partial charge on any atom is 0.249 e. The van der Waals surface area contributed by atoms with Gasteiger partial charge < -0.3 is 14.5 Å². The molecular weight excluding hydrogens is 1020 g/mol. The number of aromatic nitrogens is 3. The summed E-state index contributed by atoms with van der Waals surface area (Å²) < 4.78 is 15.3. The summed E-state index contributed by atoms with van der Waals surface area (Å²) in [6, 6.07) is 49.8. The van der Waals surface area contributed by atoms with Crippen molar-refractivity contribution in [2.45, 2.75) is 102 Å². The van der Waals surface area contributed by atoms with Crippen molar-refractivity contribution in [2.24, 2.45) is 0 Å². The topological polar surface area (TPSA) is 30.7 Å². The molecule has 0 saturated carbocycles. The molecule has 5 heterocycles. The minimum absolute atomic E-state index is 0. The van der Waals surface area contributed by atoms with E-state index in [0.717, 1.165) is 33.6 Å². The van der Waals surface area contributed by atoms with E-state index in [4.69, 9.17) is 0 Å². The van der Waals surface area contributed by atoms with Crippen molar-refractivity contribution in [3.63, 3.8) is 0 Å². The number of fused-ring (bicyclic) bond motifs is 7. The summed E-state index contributed by atoms with van der Waals surface area (Å²) in [6.45, 7) is 25.2. The third-order valence-corrected chi connectivity index (χ3v) is 14.6. The first-order valence-electron chi connectivity index (χ1n) is 23.0. The molecule has 0 spiro atoms. The van der Waals surface area contributed by atoms with E-state index in [2.05, 4.69) is 168 Å². The van der Waals surface area contributed by atoms with Gasteiger partial charge in [0.05, 0.1) is 5.52 Å². The Kier molecular flexibility index (Phi) is 11.9. The first-order chi connectivity index (χ1) is 31.3. The monoisotopic (exact) mass is 1070 g/mol. The van der Waals surface area contributed by atoms with Crippen molar-refractivity contribution in [1.29, 1.82) is 0 Å². The third kappa shape index (κ3) is 8.53. The van der Waals surface area contributed by atoms with Crippen molar-refractivity contribution < 1.29 is 24.5 Å². The second-order valence-corrected chi connectivity index (χ2v) is 22.3. The van der Waals surface area contributed by atoms with Crippen LogP contribution in [0, 0.1) is 31.8 Å². The summed E-state index contributed by atoms with van der Waals surface area (Å²) in [5, 5.41) is 2.70. The number of pyridine rings is 2. The number of aryl methyl sites for hydroxylation is 2. The molecule has 1 radical (unpaired) electrons. The summed E-state index contributed by atoms with van der Waals surface area (Å²) >= 11 is 1.93. The molecule has 0 atom stereocenters. The van der Waals surface area contributed by atoms with Gasteiger partial charge in [0.1, 0.15) is 0 Å². The van der Waals surface area contributed by atoms with Crippen molar-refractivity contribution in [2.75, 3.05) is 0 Å². The van der Waals surface area contributed by atoms with Crippen LogP contribution in [0.25, 0.3) is 61.1 Å². The van der Waals surface area contributed by atoms with Crippen LogP contribution >= 0.6 is 11.8 Å². The minimum atomic E-state index is -0.275. The summed E-state index contributed by atoms with van der Waals surface area (Å²) in [7, 11) is 0. The largest absolute Gasteiger partial charge is 0.310 e. The molecule has 0 bridgehead atoms. The minimum Gasteiger partial charge on any atom is -0.310 e. The second kappa shape index (κ2) is 17.2. The predicted octanol–water partition coefficient (Wildman–Crippen LogP) is 13.8. The van der Waals surface area contributed by atoms with E-state index in [-0.39, 0.29) is 48.9 Å². The molecule has 337 valence electrons. The van der Waals surface area contributed by atoms with Gasteiger partial charge in [0.25, 0.3) is 0 Å². The van der Waals surface area contributed by atoms with Crippen molar-refractivity contribution in [3.8, 4) is 39.3 Å². The van der Waals surface area contributed by atoms with Crippen LogP contribution in [0.1, 0.15) is 90.1 Å². The fraction of sp³-hybridized carbons (Fsp3) is 0.233. The van der Waals surface area contributed by atoms with Crippen LogP contribution in [0.3, 0.4) is 0 Å². The zero-order valence-electron chi connectivity index (χ0n) is 40.2. The summed E-state index contributed by atoms with van der Waals surface area (Å²) in [6.07, 6.45) is 3.66. The zero-order chi connectivity index (χ0) is 46.4. The Bertz CT molecular complexity index is 3360. The molecule has 11 rings (SSSR count). The van der Waals surface area contributed by atoms with Gasteiger partial charge in [-0.25, -0.2) is 0 Å². The van der Waals surface area contributed by atoms with Gasteiger partial charge in [-0.1, -0.05) is 145 Å². The van der Waals surface area contributed by atoms with Gasteiger partial charge in [-0.3, -0.25) is 4.39 Å². The molecule has 0 saturated heterocycles. The van der Waals surface area contributed by atoms with Crippen molar-refractivity contribution in [3.05, 3.63) is 179 Å². The molecule has 3 aromatic heterocycles. The Hall–Kier alpha value is -5.59. The van der Waals surface area contributed by atoms with Crippen LogP contribution in [0.5, 0.6) is 0 Å². The standard InChI is InChI=1S/C47H44BN2S.C13H11FN.Ir/c1-45(2,3)31-17-19-39-34(24-31)35-25-33(47(7,8)9)27-37-44(35)50(39)40-22-30(28-13-15-29(16-14-28)38-12-10-11-21-49-38)23-42-43(40)48(37)36-26-32(46(4,5)6)18-20-41(36)51-42;1-9-7-13(15-8-10(9)2)11-3-5-12(14)6-4-11;/h10-15,17-27H,1-9H3;3,5-8H,1-2H3;/q2*-1;. The van der Waals surface area contributed by atoms with E-state index in [1.807, 2.05) is 62.3 Å². The quantitative estimate of drug-likeness (QED) is 0.130. The smallest absolute Gasteiger partial charge is 0.249 e. The molecule has 0 amide bonds. The molecule has 0 fully saturated rings. The summed E-state index contributed by atoms with van der Waals surface area (Å²) in [5.41, 5.74) is 20.8. The van der Waals surface area contributed by atoms with E-state index in [1.165, 1.54) is 93.6 Å². The molecule has 9 aromatic rings. The molecular formula is C60H55BFIrN3S-2. The van der Waals surface area contributed by atoms with Crippen LogP contribution in [0.15, 0.2) is 144 Å². The maximum absolute atomic E-state index is 12.7. The van der Waals surface area contributed by atoms with Gasteiger partial charge in [-0.15, -0.1) is 59.7 Å². The summed E-state index contributed by atoms with van der Waals surface area (Å²) in [5.74, 6) is -0.275. The van der Waals surface area contributed by atoms with Crippen molar-refractivity contribution >= 4 is 56.7 Å². The first-order valence-corrected chi connectivity index (χ1v) is 23.8. The van der Waals surface area contributed by atoms with E-state index in [9.17, 15) is 4.39 Å². The maximum atomic E-state index is 12.7. The molecule has 3 nitrogen and oxygen atoms in total. The molecule has 2 aliphatic heterocycles. The average Bonchev–Trinajstić information content (AvgIpc) is 3.62. The van der Waals surface area contributed by atoms with Gasteiger partial charge >= 0.3 is 0 Å². The van der Waals surface area contributed by atoms with Crippen LogP contribution < -0.4 is 16.4 Å². The Morgan fingerprint density at radius 1 is 0.582 bits per heavy atom. The number of benzene rings is 6. The number of hydrogen-bond donors (Lipinski definition) is 0. The van der Waals surface area contributed by atoms with Crippen LogP contribution in [0.4, 0.5) is 4.39 Å². The van der Waals surface area contributed by atoms with Gasteiger partial charge in [0.15, 0.2) is 0 Å². The second-order valence-electron chi connectivity index (χ2n) is 21.3. The molecule has 0 N–H and O–H groups in total. The molecule has 6 aromatic carbocycles. The SMILES string of the molecule is CC(C)(C)c1ccc2c(c1)B1c3c(cc(-c4c[c-]c(-c5ccccn5)cc4)cc3-n3c4ccc(C(C)(C)C)cc4c4cc(C(C)(C)C)cc1c43)S2.Cc1cnc(-c2[c-]cc(F)cc2)cc1C.[Ir]. The average molecular weight is 1070 g/mol. The number of hydrogen-bond acceptors (Lipinski definition) is 3. The van der Waals surface area contributed by atoms with E-state index in [0.29, 0.717) is 0 Å². The van der Waals surface area contributed by atoms with E-state index < -0.39 is 0 Å². The number of nitrogens with zero attached hydrogens (tertiary/aromatic N) is 3. The molecule has 0 aliphatic carbocycles.